The van der Waals surface area contributed by atoms with E-state index in [0.29, 0.717) is 25.7 Å². The summed E-state index contributed by atoms with van der Waals surface area (Å²) in [6, 6.07) is 0. The lowest BCUT2D eigenvalue weighted by Gasteiger charge is -2.21. The van der Waals surface area contributed by atoms with Crippen molar-refractivity contribution in [3.05, 3.63) is 0 Å². The highest BCUT2D eigenvalue weighted by atomic mass is 31.2. The first-order valence-electron chi connectivity index (χ1n) is 37.9. The quantitative estimate of drug-likeness (QED) is 0.0222. The average Bonchev–Trinajstić information content (AvgIpc) is 2.46. The monoisotopic (exact) mass is 1350 g/mol. The van der Waals surface area contributed by atoms with Crippen LogP contribution in [0.15, 0.2) is 0 Å². The molecule has 0 aliphatic heterocycles. The number of aliphatic hydroxyl groups excluding tert-OH is 1. The molecule has 19 heteroatoms. The second kappa shape index (κ2) is 63.8. The number of carbonyl (C=O) groups excluding carboxylic acids is 4. The summed E-state index contributed by atoms with van der Waals surface area (Å²) in [7, 11) is -9.90. The summed E-state index contributed by atoms with van der Waals surface area (Å²) in [5, 5.41) is 10.6. The van der Waals surface area contributed by atoms with Crippen molar-refractivity contribution in [2.75, 3.05) is 39.6 Å². The Hall–Kier alpha value is -1.94. The highest BCUT2D eigenvalue weighted by Crippen LogP contribution is 2.45. The average molecular weight is 1350 g/mol. The SMILES string of the molecule is CCCCCCCCCCCCC(=O)OC[C@H](COP(=O)(O)OC[C@H](O)COP(=O)(O)OC[C@@H](COC(=O)CCCCCCCCCCC(C)CC)OC(=O)CCCCCCCCCCCCCCCCCCC(C)C)OC(=O)CCCCCCCCCCC(C)C. The fourth-order valence-electron chi connectivity index (χ4n) is 11.0. The van der Waals surface area contributed by atoms with E-state index < -0.39 is 97.5 Å². The zero-order chi connectivity index (χ0) is 68.0. The molecule has 0 aromatic heterocycles. The number of carbonyl (C=O) groups is 4. The molecule has 0 saturated heterocycles. The lowest BCUT2D eigenvalue weighted by atomic mass is 9.99. The molecule has 0 fully saturated rings. The maximum Gasteiger partial charge on any atom is 0.472 e. The highest BCUT2D eigenvalue weighted by molar-refractivity contribution is 7.47. The van der Waals surface area contributed by atoms with Crippen molar-refractivity contribution >= 4 is 39.5 Å². The van der Waals surface area contributed by atoms with Crippen molar-refractivity contribution in [2.24, 2.45) is 17.8 Å². The van der Waals surface area contributed by atoms with E-state index in [1.807, 2.05) is 0 Å². The number of unbranched alkanes of at least 4 members (excludes halogenated alkanes) is 38. The van der Waals surface area contributed by atoms with Gasteiger partial charge in [0.25, 0.3) is 0 Å². The van der Waals surface area contributed by atoms with Gasteiger partial charge in [-0.05, 0) is 43.4 Å². The Morgan fingerprint density at radius 2 is 0.554 bits per heavy atom. The molecule has 3 N–H and O–H groups in total. The van der Waals surface area contributed by atoms with Crippen LogP contribution in [-0.4, -0.2) is 96.7 Å². The number of hydrogen-bond donors (Lipinski definition) is 3. The summed E-state index contributed by atoms with van der Waals surface area (Å²) in [5.41, 5.74) is 0. The summed E-state index contributed by atoms with van der Waals surface area (Å²) in [5.74, 6) is 0.181. The van der Waals surface area contributed by atoms with Crippen molar-refractivity contribution in [3.8, 4) is 0 Å². The standard InChI is InChI=1S/C73H142O17P2/c1-8-10-11-12-13-14-24-33-40-47-54-70(75)83-60-69(90-73(78)57-50-43-36-28-26-31-38-45-52-65(5)6)63-88-92(81,82)86-59-67(74)58-85-91(79,80)87-62-68(61-84-71(76)55-48-41-34-29-27-32-39-46-53-66(7)9-2)89-72(77)56-49-42-35-25-22-20-18-16-15-17-19-21-23-30-37-44-51-64(3)4/h64-69,74H,8-63H2,1-7H3,(H,79,80)(H,81,82)/t66?,67-,68-,69-/m1/s1. The number of rotatable bonds is 71. The molecule has 546 valence electrons. The first-order valence-corrected chi connectivity index (χ1v) is 40.9. The minimum Gasteiger partial charge on any atom is -0.462 e. The zero-order valence-corrected chi connectivity index (χ0v) is 61.8. The Morgan fingerprint density at radius 3 is 0.826 bits per heavy atom. The third kappa shape index (κ3) is 65.4. The van der Waals surface area contributed by atoms with Gasteiger partial charge in [0, 0.05) is 25.7 Å². The zero-order valence-electron chi connectivity index (χ0n) is 60.0. The highest BCUT2D eigenvalue weighted by Gasteiger charge is 2.30. The summed E-state index contributed by atoms with van der Waals surface area (Å²) < 4.78 is 68.4. The molecule has 0 radical (unpaired) electrons. The van der Waals surface area contributed by atoms with Crippen LogP contribution in [0.25, 0.3) is 0 Å². The predicted octanol–water partition coefficient (Wildman–Crippen LogP) is 21.0. The lowest BCUT2D eigenvalue weighted by molar-refractivity contribution is -0.161. The second-order valence-corrected chi connectivity index (χ2v) is 30.4. The Kier molecular flexibility index (Phi) is 62.4. The van der Waals surface area contributed by atoms with Crippen LogP contribution in [-0.2, 0) is 65.4 Å². The first-order chi connectivity index (χ1) is 44.3. The van der Waals surface area contributed by atoms with Gasteiger partial charge in [0.05, 0.1) is 26.4 Å². The van der Waals surface area contributed by atoms with E-state index in [-0.39, 0.29) is 25.7 Å². The smallest absolute Gasteiger partial charge is 0.462 e. The minimum atomic E-state index is -4.95. The Labute approximate surface area is 562 Å². The molecule has 92 heavy (non-hydrogen) atoms. The molecule has 17 nitrogen and oxygen atoms in total. The number of phosphoric ester groups is 2. The molecule has 0 aliphatic rings. The summed E-state index contributed by atoms with van der Waals surface area (Å²) in [4.78, 5) is 72.6. The van der Waals surface area contributed by atoms with Crippen molar-refractivity contribution in [3.63, 3.8) is 0 Å². The van der Waals surface area contributed by atoms with Crippen LogP contribution in [0.3, 0.4) is 0 Å². The molecule has 0 aromatic rings. The molecule has 0 aliphatic carbocycles. The van der Waals surface area contributed by atoms with Crippen molar-refractivity contribution in [1.82, 2.24) is 0 Å². The van der Waals surface area contributed by atoms with Gasteiger partial charge in [-0.3, -0.25) is 37.3 Å². The van der Waals surface area contributed by atoms with Crippen molar-refractivity contribution in [2.45, 2.75) is 388 Å². The number of phosphoric acid groups is 2. The first kappa shape index (κ1) is 90.1. The largest absolute Gasteiger partial charge is 0.472 e. The molecular formula is C73H142O17P2. The maximum absolute atomic E-state index is 13.1. The van der Waals surface area contributed by atoms with Gasteiger partial charge < -0.3 is 33.8 Å². The topological polar surface area (TPSA) is 237 Å². The molecule has 0 rings (SSSR count). The van der Waals surface area contributed by atoms with Crippen LogP contribution in [0, 0.1) is 17.8 Å². The van der Waals surface area contributed by atoms with E-state index in [1.54, 1.807) is 0 Å². The molecule has 3 unspecified atom stereocenters. The van der Waals surface area contributed by atoms with Gasteiger partial charge in [-0.15, -0.1) is 0 Å². The molecule has 0 aromatic carbocycles. The van der Waals surface area contributed by atoms with E-state index in [1.165, 1.54) is 180 Å². The third-order valence-electron chi connectivity index (χ3n) is 17.2. The van der Waals surface area contributed by atoms with Crippen LogP contribution in [0.4, 0.5) is 0 Å². The molecule has 0 spiro atoms. The van der Waals surface area contributed by atoms with Crippen LogP contribution in [0.2, 0.25) is 0 Å². The molecule has 0 amide bonds. The van der Waals surface area contributed by atoms with E-state index >= 15 is 0 Å². The fraction of sp³-hybridized carbons (Fsp3) is 0.945. The molecular weight excluding hydrogens is 1210 g/mol. The summed E-state index contributed by atoms with van der Waals surface area (Å²) in [6.45, 7) is 11.9. The van der Waals surface area contributed by atoms with E-state index in [0.717, 1.165) is 108 Å². The molecule has 0 bridgehead atoms. The minimum absolute atomic E-state index is 0.104. The molecule has 6 atom stereocenters. The van der Waals surface area contributed by atoms with E-state index in [9.17, 15) is 43.2 Å². The summed E-state index contributed by atoms with van der Waals surface area (Å²) in [6.07, 6.45) is 48.6. The van der Waals surface area contributed by atoms with Gasteiger partial charge in [-0.2, -0.15) is 0 Å². The van der Waals surface area contributed by atoms with Crippen LogP contribution < -0.4 is 0 Å². The number of aliphatic hydroxyl groups is 1. The van der Waals surface area contributed by atoms with Gasteiger partial charge in [-0.25, -0.2) is 9.13 Å². The van der Waals surface area contributed by atoms with Gasteiger partial charge in [0.2, 0.25) is 0 Å². The lowest BCUT2D eigenvalue weighted by Crippen LogP contribution is -2.30. The number of esters is 4. The second-order valence-electron chi connectivity index (χ2n) is 27.5. The summed E-state index contributed by atoms with van der Waals surface area (Å²) >= 11 is 0. The predicted molar refractivity (Wildman–Crippen MR) is 372 cm³/mol. The Morgan fingerprint density at radius 1 is 0.315 bits per heavy atom. The van der Waals surface area contributed by atoms with Crippen molar-refractivity contribution < 1.29 is 80.2 Å². The van der Waals surface area contributed by atoms with Gasteiger partial charge >= 0.3 is 39.5 Å². The van der Waals surface area contributed by atoms with Crippen molar-refractivity contribution in [1.29, 1.82) is 0 Å². The molecule has 0 heterocycles. The van der Waals surface area contributed by atoms with Crippen LogP contribution >= 0.6 is 15.6 Å². The fourth-order valence-corrected chi connectivity index (χ4v) is 12.6. The van der Waals surface area contributed by atoms with Gasteiger partial charge in [-0.1, -0.05) is 318 Å². The number of hydrogen-bond acceptors (Lipinski definition) is 15. The Bertz CT molecular complexity index is 1800. The number of ether oxygens (including phenoxy) is 4. The van der Waals surface area contributed by atoms with Crippen LogP contribution in [0.1, 0.15) is 370 Å². The maximum atomic E-state index is 13.1. The van der Waals surface area contributed by atoms with E-state index in [4.69, 9.17) is 37.0 Å². The third-order valence-corrected chi connectivity index (χ3v) is 19.1. The van der Waals surface area contributed by atoms with Gasteiger partial charge in [0.1, 0.15) is 19.3 Å². The van der Waals surface area contributed by atoms with E-state index in [2.05, 4.69) is 48.5 Å². The van der Waals surface area contributed by atoms with Crippen LogP contribution in [0.5, 0.6) is 0 Å². The van der Waals surface area contributed by atoms with Gasteiger partial charge in [0.15, 0.2) is 12.2 Å². The normalized spacial score (nSPS) is 14.4. The Balaban J connectivity index is 5.22. The molecule has 0 saturated carbocycles.